The normalized spacial score (nSPS) is 10.7. The van der Waals surface area contributed by atoms with E-state index in [0.29, 0.717) is 34.0 Å². The smallest absolute Gasteiger partial charge is 0.288 e. The maximum absolute atomic E-state index is 12.5. The van der Waals surface area contributed by atoms with Gasteiger partial charge in [0.2, 0.25) is 0 Å². The van der Waals surface area contributed by atoms with Crippen molar-refractivity contribution < 1.29 is 8.78 Å². The van der Waals surface area contributed by atoms with Gasteiger partial charge in [-0.15, -0.1) is 0 Å². The van der Waals surface area contributed by atoms with Gasteiger partial charge in [-0.2, -0.15) is 8.78 Å². The highest BCUT2D eigenvalue weighted by Gasteiger charge is 2.10. The Balaban J connectivity index is 2.14. The van der Waals surface area contributed by atoms with Crippen molar-refractivity contribution in [1.29, 1.82) is 0 Å². The van der Waals surface area contributed by atoms with E-state index in [-0.39, 0.29) is 0 Å². The highest BCUT2D eigenvalue weighted by Crippen LogP contribution is 2.32. The number of rotatable bonds is 7. The summed E-state index contributed by atoms with van der Waals surface area (Å²) in [5.74, 6) is -1.30. The zero-order valence-electron chi connectivity index (χ0n) is 11.5. The molecule has 0 spiro atoms. The van der Waals surface area contributed by atoms with Crippen molar-refractivity contribution >= 4 is 29.1 Å². The molecule has 4 nitrogen and oxygen atoms in total. The average Bonchev–Trinajstić information content (AvgIpc) is 2.47. The molecule has 2 rings (SSSR count). The zero-order chi connectivity index (χ0) is 15.1. The Hall–Kier alpha value is -1.89. The first kappa shape index (κ1) is 15.5. The third-order valence-corrected chi connectivity index (χ3v) is 3.34. The fraction of sp³-hybridized carbons (Fsp3) is 0.286. The topological polar surface area (TPSA) is 49.8 Å². The van der Waals surface area contributed by atoms with E-state index < -0.39 is 5.76 Å². The van der Waals surface area contributed by atoms with E-state index >= 15 is 0 Å². The number of para-hydroxylation sites is 1. The van der Waals surface area contributed by atoms with E-state index in [1.54, 1.807) is 36.7 Å². The van der Waals surface area contributed by atoms with Crippen molar-refractivity contribution in [3.63, 3.8) is 0 Å². The number of thioether (sulfide) groups is 1. The zero-order valence-corrected chi connectivity index (χ0v) is 12.3. The number of nitrogens with one attached hydrogen (secondary N) is 2. The third kappa shape index (κ3) is 4.86. The lowest BCUT2D eigenvalue weighted by atomic mass is 10.3. The number of aromatic nitrogens is 2. The molecule has 0 aliphatic heterocycles. The summed E-state index contributed by atoms with van der Waals surface area (Å²) < 4.78 is 25.1. The first-order valence-electron chi connectivity index (χ1n) is 6.56. The Morgan fingerprint density at radius 1 is 1.19 bits per heavy atom. The molecule has 21 heavy (non-hydrogen) atoms. The van der Waals surface area contributed by atoms with Gasteiger partial charge in [-0.25, -0.2) is 4.98 Å². The first-order valence-corrected chi connectivity index (χ1v) is 7.43. The molecular formula is C14H16F2N4S. The Kier molecular flexibility index (Phi) is 5.74. The molecule has 0 saturated carbocycles. The molecule has 0 aliphatic rings. The van der Waals surface area contributed by atoms with Gasteiger partial charge < -0.3 is 10.6 Å². The minimum atomic E-state index is -2.46. The van der Waals surface area contributed by atoms with E-state index in [9.17, 15) is 8.78 Å². The summed E-state index contributed by atoms with van der Waals surface area (Å²) in [7, 11) is 0. The van der Waals surface area contributed by atoms with Crippen LogP contribution >= 0.6 is 11.8 Å². The maximum atomic E-state index is 12.5. The van der Waals surface area contributed by atoms with Crippen LogP contribution in [0.25, 0.3) is 0 Å². The lowest BCUT2D eigenvalue weighted by Crippen LogP contribution is -2.04. The fourth-order valence-electron chi connectivity index (χ4n) is 1.67. The molecule has 1 aromatic carbocycles. The van der Waals surface area contributed by atoms with Crippen molar-refractivity contribution in [1.82, 2.24) is 9.97 Å². The molecule has 2 aromatic rings. The number of halogens is 2. The molecule has 0 radical (unpaired) electrons. The summed E-state index contributed by atoms with van der Waals surface area (Å²) >= 11 is 0.503. The molecule has 0 bridgehead atoms. The lowest BCUT2D eigenvalue weighted by molar-refractivity contribution is 0.252. The number of benzene rings is 1. The van der Waals surface area contributed by atoms with Gasteiger partial charge in [0, 0.05) is 11.4 Å². The van der Waals surface area contributed by atoms with Crippen LogP contribution in [0, 0.1) is 0 Å². The molecule has 0 fully saturated rings. The molecule has 2 N–H and O–H groups in total. The highest BCUT2D eigenvalue weighted by molar-refractivity contribution is 7.99. The highest BCUT2D eigenvalue weighted by atomic mass is 32.2. The molecule has 0 amide bonds. The summed E-state index contributed by atoms with van der Waals surface area (Å²) in [6.07, 6.45) is 4.16. The molecular weight excluding hydrogens is 294 g/mol. The van der Waals surface area contributed by atoms with Crippen LogP contribution in [0.2, 0.25) is 0 Å². The SMILES string of the molecule is CCCNc1cncc(Nc2ccccc2SC(F)F)n1. The molecule has 0 atom stereocenters. The summed E-state index contributed by atoms with van der Waals surface area (Å²) in [5, 5.41) is 6.16. The molecule has 1 heterocycles. The van der Waals surface area contributed by atoms with Gasteiger partial charge in [0.05, 0.1) is 18.1 Å². The molecule has 0 saturated heterocycles. The van der Waals surface area contributed by atoms with Gasteiger partial charge >= 0.3 is 0 Å². The van der Waals surface area contributed by atoms with Gasteiger partial charge in [-0.3, -0.25) is 4.98 Å². The monoisotopic (exact) mass is 310 g/mol. The molecule has 1 aromatic heterocycles. The Labute approximate surface area is 126 Å². The Bertz CT molecular complexity index is 580. The van der Waals surface area contributed by atoms with E-state index in [1.807, 2.05) is 0 Å². The minimum Gasteiger partial charge on any atom is -0.369 e. The molecule has 112 valence electrons. The fourth-order valence-corrected chi connectivity index (χ4v) is 2.27. The van der Waals surface area contributed by atoms with E-state index in [4.69, 9.17) is 0 Å². The number of hydrogen-bond acceptors (Lipinski definition) is 5. The van der Waals surface area contributed by atoms with Crippen molar-refractivity contribution in [2.24, 2.45) is 0 Å². The van der Waals surface area contributed by atoms with Crippen molar-refractivity contribution in [2.45, 2.75) is 24.0 Å². The molecule has 0 aliphatic carbocycles. The van der Waals surface area contributed by atoms with Crippen LogP contribution in [-0.2, 0) is 0 Å². The van der Waals surface area contributed by atoms with Crippen LogP contribution in [0.15, 0.2) is 41.6 Å². The maximum Gasteiger partial charge on any atom is 0.288 e. The molecule has 0 unspecified atom stereocenters. The van der Waals surface area contributed by atoms with Crippen LogP contribution in [-0.4, -0.2) is 22.3 Å². The largest absolute Gasteiger partial charge is 0.369 e. The predicted octanol–water partition coefficient (Wildman–Crippen LogP) is 4.36. The second kappa shape index (κ2) is 7.78. The van der Waals surface area contributed by atoms with Gasteiger partial charge in [-0.05, 0) is 18.6 Å². The predicted molar refractivity (Wildman–Crippen MR) is 82.4 cm³/mol. The van der Waals surface area contributed by atoms with Gasteiger partial charge in [0.1, 0.15) is 5.82 Å². The Morgan fingerprint density at radius 3 is 2.71 bits per heavy atom. The third-order valence-electron chi connectivity index (χ3n) is 2.56. The van der Waals surface area contributed by atoms with Gasteiger partial charge in [0.15, 0.2) is 5.82 Å². The van der Waals surface area contributed by atoms with Gasteiger partial charge in [0.25, 0.3) is 5.76 Å². The van der Waals surface area contributed by atoms with Crippen LogP contribution in [0.3, 0.4) is 0 Å². The number of alkyl halides is 2. The second-order valence-corrected chi connectivity index (χ2v) is 5.25. The quantitative estimate of drug-likeness (QED) is 0.744. The van der Waals surface area contributed by atoms with Crippen molar-refractivity contribution in [2.75, 3.05) is 17.2 Å². The first-order chi connectivity index (χ1) is 10.2. The lowest BCUT2D eigenvalue weighted by Gasteiger charge is -2.11. The van der Waals surface area contributed by atoms with Crippen LogP contribution < -0.4 is 10.6 Å². The van der Waals surface area contributed by atoms with E-state index in [0.717, 1.165) is 13.0 Å². The van der Waals surface area contributed by atoms with E-state index in [1.165, 1.54) is 0 Å². The van der Waals surface area contributed by atoms with Crippen LogP contribution in [0.1, 0.15) is 13.3 Å². The summed E-state index contributed by atoms with van der Waals surface area (Å²) in [4.78, 5) is 8.90. The summed E-state index contributed by atoms with van der Waals surface area (Å²) in [6, 6.07) is 6.88. The molecule has 7 heteroatoms. The van der Waals surface area contributed by atoms with E-state index in [2.05, 4.69) is 27.5 Å². The minimum absolute atomic E-state index is 0.473. The summed E-state index contributed by atoms with van der Waals surface area (Å²) in [5.41, 5.74) is 0.588. The van der Waals surface area contributed by atoms with Gasteiger partial charge in [-0.1, -0.05) is 30.8 Å². The van der Waals surface area contributed by atoms with Crippen molar-refractivity contribution in [3.8, 4) is 0 Å². The number of nitrogens with zero attached hydrogens (tertiary/aromatic N) is 2. The summed E-state index contributed by atoms with van der Waals surface area (Å²) in [6.45, 7) is 2.86. The number of hydrogen-bond donors (Lipinski definition) is 2. The van der Waals surface area contributed by atoms with Crippen molar-refractivity contribution in [3.05, 3.63) is 36.7 Å². The van der Waals surface area contributed by atoms with Crippen LogP contribution in [0.5, 0.6) is 0 Å². The average molecular weight is 310 g/mol. The van der Waals surface area contributed by atoms with Crippen LogP contribution in [0.4, 0.5) is 26.1 Å². The number of anilines is 3. The standard InChI is InChI=1S/C14H16F2N4S/c1-2-7-18-12-8-17-9-13(20-12)19-10-5-3-4-6-11(10)21-14(15)16/h3-6,8-9,14H,2,7H2,1H3,(H2,18,19,20). The second-order valence-electron chi connectivity index (χ2n) is 4.22. The Morgan fingerprint density at radius 2 is 1.95 bits per heavy atom.